The number of anilines is 1. The number of piperazine rings is 1. The summed E-state index contributed by atoms with van der Waals surface area (Å²) in [6, 6.07) is 26.4. The van der Waals surface area contributed by atoms with Crippen molar-refractivity contribution >= 4 is 44.6 Å². The number of amides is 1. The van der Waals surface area contributed by atoms with Gasteiger partial charge in [-0.2, -0.15) is 0 Å². The van der Waals surface area contributed by atoms with Crippen LogP contribution in [0.5, 0.6) is 28.9 Å². The number of piperidine rings is 1. The predicted molar refractivity (Wildman–Crippen MR) is 304 cm³/mol. The molecule has 3 N–H and O–H groups in total. The van der Waals surface area contributed by atoms with Crippen LogP contribution in [0.1, 0.15) is 128 Å². The second-order valence-electron chi connectivity index (χ2n) is 23.0. The lowest BCUT2D eigenvalue weighted by molar-refractivity contribution is -0.0628. The first kappa shape index (κ1) is 54.2. The molecule has 1 amide bonds. The molecule has 17 heteroatoms. The number of imidazole rings is 1. The van der Waals surface area contributed by atoms with Gasteiger partial charge in [-0.05, 0) is 122 Å². The number of hydrogen-bond acceptors (Lipinski definition) is 13. The Morgan fingerprint density at radius 1 is 0.949 bits per heavy atom. The zero-order valence-electron chi connectivity index (χ0n) is 45.9. The number of pyridine rings is 1. The first-order valence-corrected chi connectivity index (χ1v) is 29.3. The molecule has 1 atom stereocenters. The van der Waals surface area contributed by atoms with Crippen LogP contribution in [0.2, 0.25) is 0 Å². The molecule has 4 fully saturated rings. The van der Waals surface area contributed by atoms with Crippen molar-refractivity contribution in [2.24, 2.45) is 11.3 Å². The SMILES string of the molecule is C=Cc1ccc(CN2CCN(C3CC4(CCN(c5ccc(C(=O)NS(=O)(=O)c6cc(OC)c(OCC7CCC(C)(O)CC7)c7[nH]cnc67)c(Oc6cc7c(nc6OC)CC=C7F)c5)CC4)C3)C(c3ccccc3C(C)C)C2)cc1. The second-order valence-corrected chi connectivity index (χ2v) is 24.7. The molecule has 4 aromatic carbocycles. The number of allylic oxidation sites excluding steroid dienone is 1. The van der Waals surface area contributed by atoms with Crippen LogP contribution in [0.3, 0.4) is 0 Å². The van der Waals surface area contributed by atoms with Crippen LogP contribution < -0.4 is 28.6 Å². The second kappa shape index (κ2) is 22.0. The third-order valence-electron chi connectivity index (χ3n) is 17.5. The maximum atomic E-state index is 15.1. The Morgan fingerprint density at radius 2 is 1.71 bits per heavy atom. The number of carbonyl (C=O) groups is 1. The van der Waals surface area contributed by atoms with E-state index in [2.05, 4.69) is 103 Å². The third kappa shape index (κ3) is 11.1. The zero-order chi connectivity index (χ0) is 55.2. The highest BCUT2D eigenvalue weighted by atomic mass is 32.2. The molecule has 2 aromatic heterocycles. The number of H-pyrrole nitrogens is 1. The average Bonchev–Trinajstić information content (AvgIpc) is 4.11. The fourth-order valence-corrected chi connectivity index (χ4v) is 13.9. The molecule has 1 spiro atoms. The number of sulfonamides is 1. The van der Waals surface area contributed by atoms with E-state index < -0.39 is 27.4 Å². The number of aromatic amines is 1. The summed E-state index contributed by atoms with van der Waals surface area (Å²) in [5, 5.41) is 10.5. The highest BCUT2D eigenvalue weighted by Crippen LogP contribution is 2.54. The van der Waals surface area contributed by atoms with Gasteiger partial charge in [0, 0.05) is 81.2 Å². The van der Waals surface area contributed by atoms with Crippen LogP contribution >= 0.6 is 0 Å². The van der Waals surface area contributed by atoms with Gasteiger partial charge >= 0.3 is 0 Å². The van der Waals surface area contributed by atoms with E-state index in [0.717, 1.165) is 89.0 Å². The van der Waals surface area contributed by atoms with Crippen molar-refractivity contribution in [3.63, 3.8) is 0 Å². The van der Waals surface area contributed by atoms with Crippen LogP contribution in [0, 0.1) is 11.3 Å². The number of rotatable bonds is 17. The molecule has 416 valence electrons. The van der Waals surface area contributed by atoms with E-state index in [1.807, 2.05) is 19.1 Å². The van der Waals surface area contributed by atoms with Crippen LogP contribution in [-0.4, -0.2) is 109 Å². The molecule has 1 unspecified atom stereocenters. The zero-order valence-corrected chi connectivity index (χ0v) is 46.7. The van der Waals surface area contributed by atoms with Crippen LogP contribution in [0.25, 0.3) is 22.9 Å². The molecule has 15 nitrogen and oxygen atoms in total. The molecule has 2 saturated heterocycles. The number of methoxy groups -OCH3 is 2. The van der Waals surface area contributed by atoms with Crippen molar-refractivity contribution < 1.29 is 41.7 Å². The summed E-state index contributed by atoms with van der Waals surface area (Å²) in [5.41, 5.74) is 6.57. The summed E-state index contributed by atoms with van der Waals surface area (Å²) in [6.45, 7) is 16.1. The number of nitrogens with one attached hydrogen (secondary N) is 2. The van der Waals surface area contributed by atoms with Gasteiger partial charge in [0.15, 0.2) is 17.2 Å². The molecular weight excluding hydrogens is 1020 g/mol. The van der Waals surface area contributed by atoms with E-state index in [-0.39, 0.29) is 68.5 Å². The quantitative estimate of drug-likeness (QED) is 0.0789. The van der Waals surface area contributed by atoms with Gasteiger partial charge in [0.05, 0.1) is 44.0 Å². The predicted octanol–water partition coefficient (Wildman–Crippen LogP) is 11.1. The number of aromatic nitrogens is 3. The monoisotopic (exact) mass is 1090 g/mol. The maximum absolute atomic E-state index is 15.1. The molecule has 2 saturated carbocycles. The largest absolute Gasteiger partial charge is 0.493 e. The van der Waals surface area contributed by atoms with Gasteiger partial charge in [-0.15, -0.1) is 0 Å². The number of ether oxygens (including phenoxy) is 4. The summed E-state index contributed by atoms with van der Waals surface area (Å²) in [5.74, 6) is -0.206. The summed E-state index contributed by atoms with van der Waals surface area (Å²) < 4.78 is 70.3. The van der Waals surface area contributed by atoms with Gasteiger partial charge in [-0.3, -0.25) is 14.6 Å². The van der Waals surface area contributed by atoms with Crippen molar-refractivity contribution in [1.82, 2.24) is 29.5 Å². The Hall–Kier alpha value is -6.79. The Balaban J connectivity index is 0.819. The standard InChI is InChI=1S/C62H72FN7O8S/c1-7-40-12-14-41(15-13-40)35-68-28-29-70(51(36-68)46-11-9-8-10-45(46)39(2)3)44-33-62(34-44)24-26-69(27-25-62)43-16-17-47(52(30-43)78-54-31-48-49(63)18-19-50(48)66-60(54)76-6)59(71)67-79(73,74)55-32-53(75-5)58(57-56(55)64-38-65-57)77-37-42-20-22-61(4,72)23-21-42/h7-18,30-32,38-39,42,44,51,72H,1,19-29,33-37H2,2-6H3,(H,64,65)(H,67,71). The number of hydrogen-bond donors (Lipinski definition) is 3. The Labute approximate surface area is 462 Å². The molecule has 5 aliphatic rings. The normalized spacial score (nSPS) is 21.6. The number of carbonyl (C=O) groups excluding carboxylic acids is 1. The highest BCUT2D eigenvalue weighted by Gasteiger charge is 2.50. The van der Waals surface area contributed by atoms with Gasteiger partial charge in [-0.1, -0.05) is 75.0 Å². The molecule has 4 heterocycles. The van der Waals surface area contributed by atoms with E-state index in [1.54, 1.807) is 12.1 Å². The molecule has 0 bridgehead atoms. The van der Waals surface area contributed by atoms with E-state index in [9.17, 15) is 18.3 Å². The van der Waals surface area contributed by atoms with E-state index in [0.29, 0.717) is 48.4 Å². The fraction of sp³-hybridized carbons (Fsp3) is 0.435. The minimum Gasteiger partial charge on any atom is -0.493 e. The number of nitrogens with zero attached hydrogens (tertiary/aromatic N) is 5. The molecule has 2 aliphatic heterocycles. The third-order valence-corrected chi connectivity index (χ3v) is 18.8. The van der Waals surface area contributed by atoms with Crippen LogP contribution in [-0.2, 0) is 23.0 Å². The highest BCUT2D eigenvalue weighted by molar-refractivity contribution is 7.90. The molecule has 3 aliphatic carbocycles. The van der Waals surface area contributed by atoms with E-state index >= 15 is 4.39 Å². The van der Waals surface area contributed by atoms with Crippen molar-refractivity contribution in [2.45, 2.75) is 114 Å². The topological polar surface area (TPSA) is 172 Å². The molecule has 11 rings (SSSR count). The molecule has 0 radical (unpaired) electrons. The summed E-state index contributed by atoms with van der Waals surface area (Å²) in [6.07, 6.45) is 12.1. The smallest absolute Gasteiger partial charge is 0.268 e. The van der Waals surface area contributed by atoms with Gasteiger partial charge in [0.2, 0.25) is 0 Å². The lowest BCUT2D eigenvalue weighted by Gasteiger charge is -2.58. The van der Waals surface area contributed by atoms with Gasteiger partial charge in [0.25, 0.3) is 21.8 Å². The van der Waals surface area contributed by atoms with Crippen molar-refractivity contribution in [2.75, 3.05) is 58.5 Å². The number of halogens is 1. The van der Waals surface area contributed by atoms with E-state index in [1.165, 1.54) is 55.4 Å². The minimum absolute atomic E-state index is 0.0349. The van der Waals surface area contributed by atoms with Gasteiger partial charge in [-0.25, -0.2) is 27.5 Å². The fourth-order valence-electron chi connectivity index (χ4n) is 12.8. The first-order chi connectivity index (χ1) is 38.0. The van der Waals surface area contributed by atoms with E-state index in [4.69, 9.17) is 18.9 Å². The molecule has 6 aromatic rings. The summed E-state index contributed by atoms with van der Waals surface area (Å²) in [7, 11) is -1.78. The number of aliphatic hydroxyl groups is 1. The van der Waals surface area contributed by atoms with Gasteiger partial charge in [0.1, 0.15) is 27.5 Å². The minimum atomic E-state index is -4.63. The summed E-state index contributed by atoms with van der Waals surface area (Å²) in [4.78, 5) is 33.8. The molecule has 79 heavy (non-hydrogen) atoms. The average molecular weight is 1090 g/mol. The number of fused-ring (bicyclic) bond motifs is 2. The lowest BCUT2D eigenvalue weighted by Crippen LogP contribution is -2.60. The Morgan fingerprint density at radius 3 is 2.43 bits per heavy atom. The van der Waals surface area contributed by atoms with Crippen molar-refractivity contribution in [3.8, 4) is 28.9 Å². The van der Waals surface area contributed by atoms with Gasteiger partial charge < -0.3 is 33.9 Å². The lowest BCUT2D eigenvalue weighted by atomic mass is 9.59. The first-order valence-electron chi connectivity index (χ1n) is 27.8. The van der Waals surface area contributed by atoms with Crippen molar-refractivity contribution in [1.29, 1.82) is 0 Å². The number of benzene rings is 4. The Bertz CT molecular complexity index is 3390. The van der Waals surface area contributed by atoms with Crippen molar-refractivity contribution in [3.05, 3.63) is 137 Å². The van der Waals surface area contributed by atoms with Crippen LogP contribution in [0.15, 0.2) is 103 Å². The summed E-state index contributed by atoms with van der Waals surface area (Å²) >= 11 is 0. The van der Waals surface area contributed by atoms with Crippen LogP contribution in [0.4, 0.5) is 10.1 Å². The molecular formula is C62H72FN7O8S. The Kier molecular flexibility index (Phi) is 15.1. The maximum Gasteiger partial charge on any atom is 0.268 e.